The van der Waals surface area contributed by atoms with Crippen molar-refractivity contribution in [2.75, 3.05) is 17.2 Å². The zero-order valence-electron chi connectivity index (χ0n) is 26.6. The number of benzene rings is 3. The van der Waals surface area contributed by atoms with Gasteiger partial charge in [0.25, 0.3) is 5.91 Å². The first-order chi connectivity index (χ1) is 22.6. The number of para-hydroxylation sites is 2. The molecule has 2 N–H and O–H groups in total. The van der Waals surface area contributed by atoms with Gasteiger partial charge in [-0.15, -0.1) is 0 Å². The summed E-state index contributed by atoms with van der Waals surface area (Å²) < 4.78 is 8.89. The molecule has 47 heavy (non-hydrogen) atoms. The highest BCUT2D eigenvalue weighted by atomic mass is 28.3. The highest BCUT2D eigenvalue weighted by molar-refractivity contribution is 6.76. The minimum atomic E-state index is -1.28. The normalized spacial score (nSPS) is 11.3. The molecule has 0 atom stereocenters. The first-order valence-corrected chi connectivity index (χ1v) is 19.0. The van der Waals surface area contributed by atoms with E-state index in [0.29, 0.717) is 30.0 Å². The van der Waals surface area contributed by atoms with E-state index in [2.05, 4.69) is 40.4 Å². The van der Waals surface area contributed by atoms with E-state index < -0.39 is 18.9 Å². The molecule has 2 amide bonds. The Hall–Kier alpha value is -5.40. The number of hydrogen-bond acceptors (Lipinski definition) is 7. The molecule has 0 saturated heterocycles. The fraction of sp³-hybridized carbons (Fsp3) is 0.235. The van der Waals surface area contributed by atoms with Crippen molar-refractivity contribution in [3.05, 3.63) is 119 Å². The number of amides is 2. The van der Waals surface area contributed by atoms with E-state index >= 15 is 0 Å². The Morgan fingerprint density at radius 2 is 1.66 bits per heavy atom. The number of aromatic nitrogens is 4. The number of nitrogens with zero attached hydrogens (tertiary/aromatic N) is 5. The van der Waals surface area contributed by atoms with Crippen LogP contribution in [0.4, 0.5) is 17.5 Å². The summed E-state index contributed by atoms with van der Waals surface area (Å²) in [6, 6.07) is 26.2. The second kappa shape index (κ2) is 14.8. The predicted octanol–water partition coefficient (Wildman–Crippen LogP) is 6.78. The number of aryl methyl sites for hydroxylation is 1. The lowest BCUT2D eigenvalue weighted by Gasteiger charge is -2.14. The minimum absolute atomic E-state index is 0.0872. The van der Waals surface area contributed by atoms with E-state index in [1.54, 1.807) is 41.2 Å². The molecule has 5 rings (SSSR count). The maximum atomic E-state index is 13.5. The van der Waals surface area contributed by atoms with Crippen LogP contribution >= 0.6 is 0 Å². The maximum Gasteiger partial charge on any atom is 0.397 e. The Labute approximate surface area is 273 Å². The number of carbonyl (C=O) groups is 2. The van der Waals surface area contributed by atoms with Crippen molar-refractivity contribution in [2.24, 2.45) is 0 Å². The zero-order chi connectivity index (χ0) is 33.4. The van der Waals surface area contributed by atoms with Crippen LogP contribution in [-0.4, -0.2) is 50.7 Å². The van der Waals surface area contributed by atoms with Crippen molar-refractivity contribution in [2.45, 2.75) is 45.3 Å². The quantitative estimate of drug-likeness (QED) is 0.0582. The summed E-state index contributed by atoms with van der Waals surface area (Å²) in [6.07, 6.45) is 3.91. The molecule has 0 radical (unpaired) electrons. The summed E-state index contributed by atoms with van der Waals surface area (Å²) in [4.78, 5) is 42.1. The summed E-state index contributed by atoms with van der Waals surface area (Å²) in [5.41, 5.74) is 3.14. The molecule has 0 aliphatic carbocycles. The molecule has 0 spiro atoms. The molecule has 13 heteroatoms. The lowest BCUT2D eigenvalue weighted by molar-refractivity contribution is -0.389. The molecule has 12 nitrogen and oxygen atoms in total. The van der Waals surface area contributed by atoms with Crippen LogP contribution in [0.3, 0.4) is 0 Å². The molecule has 5 aromatic rings. The number of anilines is 2. The molecule has 0 aliphatic heterocycles. The zero-order valence-corrected chi connectivity index (χ0v) is 27.6. The van der Waals surface area contributed by atoms with Crippen LogP contribution in [0.1, 0.15) is 22.5 Å². The van der Waals surface area contributed by atoms with E-state index in [1.807, 2.05) is 60.7 Å². The summed E-state index contributed by atoms with van der Waals surface area (Å²) >= 11 is 0. The lowest BCUT2D eigenvalue weighted by atomic mass is 10.1. The third-order valence-corrected chi connectivity index (χ3v) is 8.96. The molecule has 2 heterocycles. The van der Waals surface area contributed by atoms with Gasteiger partial charge in [-0.2, -0.15) is 4.68 Å². The van der Waals surface area contributed by atoms with Gasteiger partial charge in [-0.3, -0.25) is 19.5 Å². The van der Waals surface area contributed by atoms with Crippen molar-refractivity contribution >= 4 is 37.3 Å². The van der Waals surface area contributed by atoms with E-state index in [9.17, 15) is 19.7 Å². The molecule has 0 aliphatic rings. The average Bonchev–Trinajstić information content (AvgIpc) is 3.67. The third-order valence-electron chi connectivity index (χ3n) is 7.25. The highest BCUT2D eigenvalue weighted by Crippen LogP contribution is 2.30. The average molecular weight is 652 g/mol. The molecular formula is C34H37N7O5Si. The summed E-state index contributed by atoms with van der Waals surface area (Å²) in [5, 5.41) is 21.7. The molecule has 2 aromatic heterocycles. The highest BCUT2D eigenvalue weighted by Gasteiger charge is 2.24. The number of nitrogens with one attached hydrogen (secondary N) is 2. The Balaban J connectivity index is 1.33. The molecule has 0 bridgehead atoms. The SMILES string of the molecule is C[Si](C)(C)CCOCn1cc(-c2cccc(C(=O)Nc3nc(CCC(=O)Nc4ccccc4)cn3-c3ccccc3)c2)c([N+](=O)[O-])n1. The molecule has 0 unspecified atom stereocenters. The summed E-state index contributed by atoms with van der Waals surface area (Å²) in [6.45, 7) is 7.38. The standard InChI is InChI=1S/C34H37N7O5Si/c1-47(2,3)20-19-46-24-39-23-30(32(38-39)41(44)45)25-11-10-12-26(21-25)33(43)37-34-36-28(22-40(34)29-15-8-5-9-16-29)17-18-31(42)35-27-13-6-4-7-14-27/h4-16,21-23H,17-20,24H2,1-3H3,(H,35,42)(H,36,37,43). The van der Waals surface area contributed by atoms with Gasteiger partial charge >= 0.3 is 5.82 Å². The number of carbonyl (C=O) groups excluding carboxylic acids is 2. The van der Waals surface area contributed by atoms with Crippen LogP contribution < -0.4 is 10.6 Å². The topological polar surface area (TPSA) is 146 Å². The van der Waals surface area contributed by atoms with Crippen LogP contribution in [0.15, 0.2) is 97.3 Å². The van der Waals surface area contributed by atoms with Crippen LogP contribution in [0.5, 0.6) is 0 Å². The van der Waals surface area contributed by atoms with Crippen molar-refractivity contribution in [3.8, 4) is 16.8 Å². The van der Waals surface area contributed by atoms with Crippen LogP contribution in [0.25, 0.3) is 16.8 Å². The Kier molecular flexibility index (Phi) is 10.4. The molecule has 0 saturated carbocycles. The summed E-state index contributed by atoms with van der Waals surface area (Å²) in [5.74, 6) is -0.646. The van der Waals surface area contributed by atoms with Crippen LogP contribution in [-0.2, 0) is 22.7 Å². The van der Waals surface area contributed by atoms with Gasteiger partial charge in [0.15, 0.2) is 6.73 Å². The van der Waals surface area contributed by atoms with Gasteiger partial charge in [0.2, 0.25) is 11.9 Å². The van der Waals surface area contributed by atoms with Crippen LogP contribution in [0, 0.1) is 10.1 Å². The number of hydrogen-bond donors (Lipinski definition) is 2. The number of imidazole rings is 1. The molecule has 3 aromatic carbocycles. The van der Waals surface area contributed by atoms with Gasteiger partial charge in [-0.1, -0.05) is 68.2 Å². The molecular weight excluding hydrogens is 615 g/mol. The monoisotopic (exact) mass is 651 g/mol. The van der Waals surface area contributed by atoms with E-state index in [0.717, 1.165) is 11.7 Å². The molecule has 0 fully saturated rings. The van der Waals surface area contributed by atoms with Gasteiger partial charge in [0, 0.05) is 50.7 Å². The third kappa shape index (κ3) is 9.08. The smallest absolute Gasteiger partial charge is 0.358 e. The van der Waals surface area contributed by atoms with Crippen molar-refractivity contribution < 1.29 is 19.2 Å². The Morgan fingerprint density at radius 1 is 0.936 bits per heavy atom. The van der Waals surface area contributed by atoms with Crippen molar-refractivity contribution in [3.63, 3.8) is 0 Å². The fourth-order valence-electron chi connectivity index (χ4n) is 4.76. The maximum absolute atomic E-state index is 13.5. The second-order valence-corrected chi connectivity index (χ2v) is 17.8. The van der Waals surface area contributed by atoms with E-state index in [1.165, 1.54) is 4.68 Å². The summed E-state index contributed by atoms with van der Waals surface area (Å²) in [7, 11) is -1.28. The fourth-order valence-corrected chi connectivity index (χ4v) is 5.52. The molecule has 242 valence electrons. The number of nitro groups is 1. The van der Waals surface area contributed by atoms with E-state index in [-0.39, 0.29) is 42.0 Å². The van der Waals surface area contributed by atoms with Crippen molar-refractivity contribution in [1.29, 1.82) is 0 Å². The van der Waals surface area contributed by atoms with Crippen molar-refractivity contribution in [1.82, 2.24) is 19.3 Å². The largest absolute Gasteiger partial charge is 0.397 e. The van der Waals surface area contributed by atoms with Gasteiger partial charge in [0.1, 0.15) is 5.56 Å². The Bertz CT molecular complexity index is 1850. The lowest BCUT2D eigenvalue weighted by Crippen LogP contribution is -2.22. The van der Waals surface area contributed by atoms with Gasteiger partial charge in [-0.25, -0.2) is 4.98 Å². The second-order valence-electron chi connectivity index (χ2n) is 12.2. The minimum Gasteiger partial charge on any atom is -0.358 e. The predicted molar refractivity (Wildman–Crippen MR) is 183 cm³/mol. The van der Waals surface area contributed by atoms with Crippen LogP contribution in [0.2, 0.25) is 25.7 Å². The number of ether oxygens (including phenoxy) is 1. The van der Waals surface area contributed by atoms with E-state index in [4.69, 9.17) is 4.74 Å². The van der Waals surface area contributed by atoms with Gasteiger partial charge < -0.3 is 20.2 Å². The Morgan fingerprint density at radius 3 is 2.36 bits per heavy atom. The first kappa shape index (κ1) is 33.0. The van der Waals surface area contributed by atoms with Gasteiger partial charge in [-0.05, 0) is 52.9 Å². The van der Waals surface area contributed by atoms with Gasteiger partial charge in [0.05, 0.1) is 17.0 Å². The first-order valence-electron chi connectivity index (χ1n) is 15.3. The number of rotatable bonds is 14.